The molecule has 0 fully saturated rings. The topological polar surface area (TPSA) is 115 Å². The van der Waals surface area contributed by atoms with Gasteiger partial charge in [-0.15, -0.1) is 0 Å². The highest BCUT2D eigenvalue weighted by Crippen LogP contribution is 2.35. The van der Waals surface area contributed by atoms with Crippen LogP contribution in [-0.4, -0.2) is 28.6 Å². The minimum absolute atomic E-state index is 0.0211. The number of sulfonamides is 1. The van der Waals surface area contributed by atoms with Crippen molar-refractivity contribution in [1.82, 2.24) is 0 Å². The van der Waals surface area contributed by atoms with E-state index < -0.39 is 21.8 Å². The Hall–Kier alpha value is -4.10. The summed E-state index contributed by atoms with van der Waals surface area (Å²) in [6.45, 7) is -0.125. The highest BCUT2D eigenvalue weighted by atomic mass is 32.2. The molecule has 0 saturated carbocycles. The summed E-state index contributed by atoms with van der Waals surface area (Å²) in [6, 6.07) is 15.9. The van der Waals surface area contributed by atoms with Crippen LogP contribution in [-0.2, 0) is 21.4 Å². The van der Waals surface area contributed by atoms with Crippen molar-refractivity contribution in [2.75, 3.05) is 18.9 Å². The lowest BCUT2D eigenvalue weighted by Crippen LogP contribution is -2.16. The molecule has 10 heteroatoms. The van der Waals surface area contributed by atoms with Crippen molar-refractivity contribution in [3.8, 4) is 17.6 Å². The average molecular weight is 470 g/mol. The largest absolute Gasteiger partial charge is 0.493 e. The molecule has 0 saturated heterocycles. The van der Waals surface area contributed by atoms with Gasteiger partial charge in [0.25, 0.3) is 10.0 Å². The van der Waals surface area contributed by atoms with Gasteiger partial charge < -0.3 is 14.2 Å². The summed E-state index contributed by atoms with van der Waals surface area (Å²) in [4.78, 5) is 12.4. The van der Waals surface area contributed by atoms with E-state index in [1.54, 1.807) is 24.3 Å². The summed E-state index contributed by atoms with van der Waals surface area (Å²) < 4.78 is 57.6. The van der Waals surface area contributed by atoms with Crippen LogP contribution in [0.15, 0.2) is 65.6 Å². The minimum atomic E-state index is -4.29. The molecule has 0 aliphatic carbocycles. The number of rotatable bonds is 8. The van der Waals surface area contributed by atoms with Crippen LogP contribution in [0.5, 0.6) is 11.5 Å². The Bertz CT molecular complexity index is 1320. The molecule has 0 heterocycles. The standard InChI is InChI=1S/C23H19FN2O6S/c1-30-21-12-17(33(28,29)26-20-6-4-3-5-19(20)24)11-18(22(21)31-2)23(27)32-14-16-9-7-15(13-25)8-10-16/h3-12,26H,14H2,1-2H3. The van der Waals surface area contributed by atoms with Gasteiger partial charge in [-0.3, -0.25) is 4.72 Å². The van der Waals surface area contributed by atoms with Gasteiger partial charge in [0.1, 0.15) is 18.0 Å². The van der Waals surface area contributed by atoms with Gasteiger partial charge in [-0.25, -0.2) is 17.6 Å². The fraction of sp³-hybridized carbons (Fsp3) is 0.130. The van der Waals surface area contributed by atoms with Crippen molar-refractivity contribution in [3.05, 3.63) is 83.2 Å². The molecule has 0 aliphatic rings. The quantitative estimate of drug-likeness (QED) is 0.497. The number of carbonyl (C=O) groups excluding carboxylic acids is 1. The maximum atomic E-state index is 14.0. The predicted octanol–water partition coefficient (Wildman–Crippen LogP) is 3.87. The second-order valence-electron chi connectivity index (χ2n) is 6.68. The molecule has 0 aliphatic heterocycles. The van der Waals surface area contributed by atoms with E-state index in [1.165, 1.54) is 32.4 Å². The monoisotopic (exact) mass is 470 g/mol. The summed E-state index contributed by atoms with van der Waals surface area (Å²) >= 11 is 0. The Kier molecular flexibility index (Phi) is 7.15. The lowest BCUT2D eigenvalue weighted by Gasteiger charge is -2.16. The van der Waals surface area contributed by atoms with Crippen molar-refractivity contribution in [2.24, 2.45) is 0 Å². The number of methoxy groups -OCH3 is 2. The molecule has 33 heavy (non-hydrogen) atoms. The lowest BCUT2D eigenvalue weighted by molar-refractivity contribution is 0.0468. The van der Waals surface area contributed by atoms with Crippen molar-refractivity contribution >= 4 is 21.7 Å². The van der Waals surface area contributed by atoms with Gasteiger partial charge in [-0.1, -0.05) is 24.3 Å². The van der Waals surface area contributed by atoms with Crippen LogP contribution in [0.3, 0.4) is 0 Å². The van der Waals surface area contributed by atoms with Crippen LogP contribution in [0.1, 0.15) is 21.5 Å². The number of anilines is 1. The lowest BCUT2D eigenvalue weighted by atomic mass is 10.1. The number of esters is 1. The zero-order chi connectivity index (χ0) is 24.0. The number of ether oxygens (including phenoxy) is 3. The Balaban J connectivity index is 1.93. The fourth-order valence-corrected chi connectivity index (χ4v) is 4.00. The third kappa shape index (κ3) is 5.39. The Labute approximate surface area is 190 Å². The molecule has 3 aromatic carbocycles. The Morgan fingerprint density at radius 3 is 2.36 bits per heavy atom. The van der Waals surface area contributed by atoms with E-state index in [1.807, 2.05) is 6.07 Å². The number of carbonyl (C=O) groups is 1. The maximum Gasteiger partial charge on any atom is 0.342 e. The first-order valence-electron chi connectivity index (χ1n) is 9.48. The summed E-state index contributed by atoms with van der Waals surface area (Å²) in [7, 11) is -1.71. The van der Waals surface area contributed by atoms with Gasteiger partial charge in [-0.2, -0.15) is 5.26 Å². The van der Waals surface area contributed by atoms with Crippen LogP contribution in [0.25, 0.3) is 0 Å². The molecular formula is C23H19FN2O6S. The first-order chi connectivity index (χ1) is 15.8. The van der Waals surface area contributed by atoms with E-state index in [0.717, 1.165) is 18.2 Å². The highest BCUT2D eigenvalue weighted by molar-refractivity contribution is 7.92. The van der Waals surface area contributed by atoms with E-state index in [-0.39, 0.29) is 34.3 Å². The summed E-state index contributed by atoms with van der Waals surface area (Å²) in [6.07, 6.45) is 0. The molecule has 8 nitrogen and oxygen atoms in total. The first-order valence-corrected chi connectivity index (χ1v) is 11.0. The second-order valence-corrected chi connectivity index (χ2v) is 8.36. The number of nitrogens with one attached hydrogen (secondary N) is 1. The van der Waals surface area contributed by atoms with Crippen LogP contribution >= 0.6 is 0 Å². The van der Waals surface area contributed by atoms with E-state index in [4.69, 9.17) is 19.5 Å². The smallest absolute Gasteiger partial charge is 0.342 e. The summed E-state index contributed by atoms with van der Waals surface area (Å²) in [5.41, 5.74) is 0.631. The van der Waals surface area contributed by atoms with Crippen LogP contribution < -0.4 is 14.2 Å². The Morgan fingerprint density at radius 1 is 1.06 bits per heavy atom. The first kappa shape index (κ1) is 23.6. The molecule has 0 unspecified atom stereocenters. The zero-order valence-electron chi connectivity index (χ0n) is 17.7. The van der Waals surface area contributed by atoms with Crippen molar-refractivity contribution in [1.29, 1.82) is 5.26 Å². The Morgan fingerprint density at radius 2 is 1.76 bits per heavy atom. The van der Waals surface area contributed by atoms with Crippen molar-refractivity contribution < 1.29 is 31.8 Å². The fourth-order valence-electron chi connectivity index (χ4n) is 2.90. The maximum absolute atomic E-state index is 14.0. The molecule has 0 aromatic heterocycles. The highest BCUT2D eigenvalue weighted by Gasteiger charge is 2.25. The molecule has 3 rings (SSSR count). The normalized spacial score (nSPS) is 10.7. The van der Waals surface area contributed by atoms with Gasteiger partial charge in [0.2, 0.25) is 0 Å². The molecule has 3 aromatic rings. The number of hydrogen-bond acceptors (Lipinski definition) is 7. The van der Waals surface area contributed by atoms with Gasteiger partial charge in [0.15, 0.2) is 11.5 Å². The number of para-hydroxylation sites is 1. The van der Waals surface area contributed by atoms with Crippen LogP contribution in [0, 0.1) is 17.1 Å². The van der Waals surface area contributed by atoms with Crippen LogP contribution in [0.2, 0.25) is 0 Å². The molecule has 0 bridgehead atoms. The number of hydrogen-bond donors (Lipinski definition) is 1. The van der Waals surface area contributed by atoms with Crippen LogP contribution in [0.4, 0.5) is 10.1 Å². The third-order valence-corrected chi connectivity index (χ3v) is 5.90. The summed E-state index contributed by atoms with van der Waals surface area (Å²) in [5.74, 6) is -1.67. The zero-order valence-corrected chi connectivity index (χ0v) is 18.5. The van der Waals surface area contributed by atoms with E-state index in [9.17, 15) is 17.6 Å². The van der Waals surface area contributed by atoms with Crippen molar-refractivity contribution in [3.63, 3.8) is 0 Å². The average Bonchev–Trinajstić information content (AvgIpc) is 2.83. The number of benzene rings is 3. The molecule has 0 atom stereocenters. The molecule has 0 spiro atoms. The van der Waals surface area contributed by atoms with Crippen molar-refractivity contribution in [2.45, 2.75) is 11.5 Å². The third-order valence-electron chi connectivity index (χ3n) is 4.55. The minimum Gasteiger partial charge on any atom is -0.493 e. The number of halogens is 1. The SMILES string of the molecule is COc1cc(S(=O)(=O)Nc2ccccc2F)cc(C(=O)OCc2ccc(C#N)cc2)c1OC. The van der Waals surface area contributed by atoms with E-state index >= 15 is 0 Å². The second kappa shape index (κ2) is 10.0. The number of nitrogens with zero attached hydrogens (tertiary/aromatic N) is 1. The van der Waals surface area contributed by atoms with Gasteiger partial charge in [0.05, 0.1) is 36.4 Å². The summed E-state index contributed by atoms with van der Waals surface area (Å²) in [5, 5.41) is 8.87. The number of nitriles is 1. The molecule has 0 radical (unpaired) electrons. The van der Waals surface area contributed by atoms with Gasteiger partial charge in [0, 0.05) is 6.07 Å². The predicted molar refractivity (Wildman–Crippen MR) is 117 cm³/mol. The molecular weight excluding hydrogens is 451 g/mol. The van der Waals surface area contributed by atoms with E-state index in [2.05, 4.69) is 4.72 Å². The van der Waals surface area contributed by atoms with Gasteiger partial charge in [-0.05, 0) is 35.9 Å². The van der Waals surface area contributed by atoms with E-state index in [0.29, 0.717) is 11.1 Å². The van der Waals surface area contributed by atoms with Gasteiger partial charge >= 0.3 is 5.97 Å². The molecule has 1 N–H and O–H groups in total. The molecule has 0 amide bonds. The molecule has 170 valence electrons.